The third-order valence-electron chi connectivity index (χ3n) is 5.57. The van der Waals surface area contributed by atoms with Crippen LogP contribution in [-0.4, -0.2) is 59.9 Å². The van der Waals surface area contributed by atoms with Crippen molar-refractivity contribution in [3.8, 4) is 0 Å². The van der Waals surface area contributed by atoms with E-state index in [1.807, 2.05) is 0 Å². The van der Waals surface area contributed by atoms with Gasteiger partial charge < -0.3 is 9.64 Å². The van der Waals surface area contributed by atoms with Gasteiger partial charge in [0, 0.05) is 37.4 Å². The van der Waals surface area contributed by atoms with Gasteiger partial charge in [-0.25, -0.2) is 16.8 Å². The summed E-state index contributed by atoms with van der Waals surface area (Å²) >= 11 is 0. The summed E-state index contributed by atoms with van der Waals surface area (Å²) in [5.41, 5.74) is 1.81. The highest BCUT2D eigenvalue weighted by atomic mass is 32.2. The van der Waals surface area contributed by atoms with Gasteiger partial charge in [0.2, 0.25) is 15.9 Å². The maximum absolute atomic E-state index is 12.9. The van der Waals surface area contributed by atoms with E-state index in [0.717, 1.165) is 11.3 Å². The average Bonchev–Trinajstić information content (AvgIpc) is 3.22. The Hall–Kier alpha value is -2.47. The van der Waals surface area contributed by atoms with E-state index in [4.69, 9.17) is 4.74 Å². The van der Waals surface area contributed by atoms with Gasteiger partial charge in [0.1, 0.15) is 0 Å². The number of amides is 1. The van der Waals surface area contributed by atoms with Crippen molar-refractivity contribution >= 4 is 37.3 Å². The number of morpholine rings is 1. The van der Waals surface area contributed by atoms with Crippen molar-refractivity contribution in [3.63, 3.8) is 0 Å². The van der Waals surface area contributed by atoms with E-state index in [0.29, 0.717) is 32.6 Å². The average molecular weight is 480 g/mol. The molecule has 4 rings (SSSR count). The molecule has 1 N–H and O–H groups in total. The van der Waals surface area contributed by atoms with Crippen LogP contribution >= 0.6 is 0 Å². The van der Waals surface area contributed by atoms with Crippen LogP contribution in [0.15, 0.2) is 52.3 Å². The second-order valence-electron chi connectivity index (χ2n) is 7.59. The molecule has 9 nitrogen and oxygen atoms in total. The predicted molar refractivity (Wildman–Crippen MR) is 120 cm³/mol. The van der Waals surface area contributed by atoms with Gasteiger partial charge in [-0.1, -0.05) is 6.92 Å². The van der Waals surface area contributed by atoms with Crippen LogP contribution in [0.2, 0.25) is 0 Å². The quantitative estimate of drug-likeness (QED) is 0.676. The van der Waals surface area contributed by atoms with E-state index in [2.05, 4.69) is 4.72 Å². The van der Waals surface area contributed by atoms with E-state index < -0.39 is 20.0 Å². The number of hydrogen-bond acceptors (Lipinski definition) is 6. The third kappa shape index (κ3) is 4.38. The van der Waals surface area contributed by atoms with E-state index >= 15 is 0 Å². The summed E-state index contributed by atoms with van der Waals surface area (Å²) in [4.78, 5) is 13.9. The van der Waals surface area contributed by atoms with Crippen LogP contribution in [0, 0.1) is 0 Å². The standard InChI is InChI=1S/C21H25N3O6S2/c1-2-21(25)24-10-9-16-15-19(7-8-20(16)24)31(26,27)22-17-3-5-18(6-4-17)32(28,29)23-11-13-30-14-12-23/h3-8,15,22H,2,9-14H2,1H3. The Kier molecular flexibility index (Phi) is 6.26. The van der Waals surface area contributed by atoms with Crippen molar-refractivity contribution in [1.82, 2.24) is 4.31 Å². The molecule has 2 heterocycles. The normalized spacial score (nSPS) is 17.2. The molecule has 1 saturated heterocycles. The molecule has 0 bridgehead atoms. The minimum absolute atomic E-state index is 0.00426. The van der Waals surface area contributed by atoms with Crippen molar-refractivity contribution in [2.24, 2.45) is 0 Å². The second-order valence-corrected chi connectivity index (χ2v) is 11.2. The molecule has 0 atom stereocenters. The lowest BCUT2D eigenvalue weighted by atomic mass is 10.2. The Morgan fingerprint density at radius 2 is 1.62 bits per heavy atom. The highest BCUT2D eigenvalue weighted by Gasteiger charge is 2.27. The topological polar surface area (TPSA) is 113 Å². The first-order chi connectivity index (χ1) is 15.2. The molecule has 0 aliphatic carbocycles. The van der Waals surface area contributed by atoms with Gasteiger partial charge in [0.05, 0.1) is 23.0 Å². The maximum Gasteiger partial charge on any atom is 0.261 e. The van der Waals surface area contributed by atoms with Crippen LogP contribution in [0.1, 0.15) is 18.9 Å². The first kappa shape index (κ1) is 22.7. The van der Waals surface area contributed by atoms with E-state index in [-0.39, 0.29) is 34.5 Å². The molecule has 1 fully saturated rings. The zero-order valence-electron chi connectivity index (χ0n) is 17.7. The molecule has 0 unspecified atom stereocenters. The largest absolute Gasteiger partial charge is 0.379 e. The minimum atomic E-state index is -3.88. The Labute approximate surface area is 188 Å². The van der Waals surface area contributed by atoms with Crippen molar-refractivity contribution in [3.05, 3.63) is 48.0 Å². The molecule has 2 aliphatic rings. The molecule has 32 heavy (non-hydrogen) atoms. The monoisotopic (exact) mass is 479 g/mol. The highest BCUT2D eigenvalue weighted by molar-refractivity contribution is 7.92. The Balaban J connectivity index is 1.51. The SMILES string of the molecule is CCC(=O)N1CCc2cc(S(=O)(=O)Nc3ccc(S(=O)(=O)N4CCOCC4)cc3)ccc21. The fourth-order valence-electron chi connectivity index (χ4n) is 3.84. The molecule has 2 aromatic carbocycles. The highest BCUT2D eigenvalue weighted by Crippen LogP contribution is 2.31. The zero-order valence-corrected chi connectivity index (χ0v) is 19.3. The van der Waals surface area contributed by atoms with Crippen LogP contribution in [-0.2, 0) is 36.0 Å². The summed E-state index contributed by atoms with van der Waals surface area (Å²) in [6, 6.07) is 10.3. The first-order valence-corrected chi connectivity index (χ1v) is 13.3. The third-order valence-corrected chi connectivity index (χ3v) is 8.87. The van der Waals surface area contributed by atoms with Gasteiger partial charge in [0.25, 0.3) is 10.0 Å². The fraction of sp³-hybridized carbons (Fsp3) is 0.381. The lowest BCUT2D eigenvalue weighted by Crippen LogP contribution is -2.40. The molecule has 0 saturated carbocycles. The zero-order chi connectivity index (χ0) is 22.9. The summed E-state index contributed by atoms with van der Waals surface area (Å²) in [5.74, 6) is 0.00426. The molecule has 11 heteroatoms. The van der Waals surface area contributed by atoms with Gasteiger partial charge in [-0.05, 0) is 54.4 Å². The number of nitrogens with zero attached hydrogens (tertiary/aromatic N) is 2. The van der Waals surface area contributed by atoms with Crippen molar-refractivity contribution in [2.75, 3.05) is 42.5 Å². The minimum Gasteiger partial charge on any atom is -0.379 e. The smallest absolute Gasteiger partial charge is 0.261 e. The van der Waals surface area contributed by atoms with Gasteiger partial charge in [-0.3, -0.25) is 9.52 Å². The number of benzene rings is 2. The number of fused-ring (bicyclic) bond motifs is 1. The molecule has 0 radical (unpaired) electrons. The number of ether oxygens (including phenoxy) is 1. The molecule has 172 valence electrons. The van der Waals surface area contributed by atoms with Crippen molar-refractivity contribution in [2.45, 2.75) is 29.6 Å². The Morgan fingerprint density at radius 3 is 2.28 bits per heavy atom. The van der Waals surface area contributed by atoms with Crippen LogP contribution < -0.4 is 9.62 Å². The van der Waals surface area contributed by atoms with Gasteiger partial charge in [-0.2, -0.15) is 4.31 Å². The maximum atomic E-state index is 12.9. The number of sulfonamides is 2. The van der Waals surface area contributed by atoms with Gasteiger partial charge >= 0.3 is 0 Å². The fourth-order valence-corrected chi connectivity index (χ4v) is 6.36. The summed E-state index contributed by atoms with van der Waals surface area (Å²) in [7, 11) is -7.53. The molecule has 0 spiro atoms. The van der Waals surface area contributed by atoms with Crippen molar-refractivity contribution < 1.29 is 26.4 Å². The van der Waals surface area contributed by atoms with Crippen LogP contribution in [0.4, 0.5) is 11.4 Å². The Bertz CT molecular complexity index is 1220. The first-order valence-electron chi connectivity index (χ1n) is 10.4. The van der Waals surface area contributed by atoms with E-state index in [1.54, 1.807) is 24.0 Å². The van der Waals surface area contributed by atoms with Gasteiger partial charge in [0.15, 0.2) is 0 Å². The van der Waals surface area contributed by atoms with Crippen LogP contribution in [0.5, 0.6) is 0 Å². The molecule has 2 aliphatic heterocycles. The number of carbonyl (C=O) groups is 1. The molecular weight excluding hydrogens is 454 g/mol. The molecular formula is C21H25N3O6S2. The second kappa shape index (κ2) is 8.81. The van der Waals surface area contributed by atoms with Crippen LogP contribution in [0.25, 0.3) is 0 Å². The molecule has 2 aromatic rings. The molecule has 1 amide bonds. The summed E-state index contributed by atoms with van der Waals surface area (Å²) in [6.45, 7) is 3.61. The number of carbonyl (C=O) groups excluding carboxylic acids is 1. The number of rotatable bonds is 6. The van der Waals surface area contributed by atoms with E-state index in [1.165, 1.54) is 34.6 Å². The lowest BCUT2D eigenvalue weighted by molar-refractivity contribution is -0.118. The van der Waals surface area contributed by atoms with E-state index in [9.17, 15) is 21.6 Å². The number of nitrogens with one attached hydrogen (secondary N) is 1. The van der Waals surface area contributed by atoms with Gasteiger partial charge in [-0.15, -0.1) is 0 Å². The van der Waals surface area contributed by atoms with Crippen LogP contribution in [0.3, 0.4) is 0 Å². The summed E-state index contributed by atoms with van der Waals surface area (Å²) in [5, 5.41) is 0. The summed E-state index contributed by atoms with van der Waals surface area (Å²) < 4.78 is 60.2. The number of hydrogen-bond donors (Lipinski definition) is 1. The predicted octanol–water partition coefficient (Wildman–Crippen LogP) is 1.81. The van der Waals surface area contributed by atoms with Crippen molar-refractivity contribution in [1.29, 1.82) is 0 Å². The lowest BCUT2D eigenvalue weighted by Gasteiger charge is -2.26. The summed E-state index contributed by atoms with van der Waals surface area (Å²) in [6.07, 6.45) is 0.983. The Morgan fingerprint density at radius 1 is 0.969 bits per heavy atom. The molecule has 0 aromatic heterocycles. The number of anilines is 2.